The van der Waals surface area contributed by atoms with E-state index in [9.17, 15) is 13.2 Å². The molecule has 0 aromatic carbocycles. The lowest BCUT2D eigenvalue weighted by Gasteiger charge is -2.13. The summed E-state index contributed by atoms with van der Waals surface area (Å²) in [7, 11) is -1.94. The van der Waals surface area contributed by atoms with Crippen molar-refractivity contribution in [1.82, 2.24) is 9.78 Å². The van der Waals surface area contributed by atoms with Gasteiger partial charge in [0.15, 0.2) is 0 Å². The fraction of sp³-hybridized carbons (Fsp3) is 0.500. The summed E-state index contributed by atoms with van der Waals surface area (Å²) in [5.41, 5.74) is 0.596. The molecule has 1 unspecified atom stereocenters. The van der Waals surface area contributed by atoms with Crippen LogP contribution in [0.4, 0.5) is 5.69 Å². The zero-order chi connectivity index (χ0) is 11.9. The Kier molecular flexibility index (Phi) is 2.47. The molecule has 88 valence electrons. The van der Waals surface area contributed by atoms with Crippen molar-refractivity contribution in [2.24, 2.45) is 12.2 Å². The number of primary sulfonamides is 1. The van der Waals surface area contributed by atoms with Gasteiger partial charge < -0.3 is 4.90 Å². The summed E-state index contributed by atoms with van der Waals surface area (Å²) >= 11 is 0. The molecule has 0 spiro atoms. The first-order chi connectivity index (χ1) is 7.38. The minimum atomic E-state index is -3.66. The van der Waals surface area contributed by atoms with Crippen molar-refractivity contribution < 1.29 is 13.2 Å². The van der Waals surface area contributed by atoms with Gasteiger partial charge in [-0.15, -0.1) is 0 Å². The van der Waals surface area contributed by atoms with Crippen LogP contribution in [0.25, 0.3) is 0 Å². The Bertz CT molecular complexity index is 521. The number of nitrogens with zero attached hydrogens (tertiary/aromatic N) is 3. The second-order valence-electron chi connectivity index (χ2n) is 3.79. The molecular formula is C8H12N4O3S. The monoisotopic (exact) mass is 244 g/mol. The Morgan fingerprint density at radius 1 is 1.56 bits per heavy atom. The lowest BCUT2D eigenvalue weighted by atomic mass is 10.4. The molecule has 7 nitrogen and oxygen atoms in total. The molecular weight excluding hydrogens is 232 g/mol. The third-order valence-corrected chi connectivity index (χ3v) is 3.80. The molecule has 0 radical (unpaired) electrons. The van der Waals surface area contributed by atoms with Gasteiger partial charge in [-0.3, -0.25) is 9.48 Å². The van der Waals surface area contributed by atoms with Crippen LogP contribution >= 0.6 is 0 Å². The van der Waals surface area contributed by atoms with E-state index in [4.69, 9.17) is 5.14 Å². The van der Waals surface area contributed by atoms with E-state index in [2.05, 4.69) is 5.10 Å². The average molecular weight is 244 g/mol. The second kappa shape index (κ2) is 3.56. The number of aryl methyl sites for hydroxylation is 1. The average Bonchev–Trinajstić information content (AvgIpc) is 2.70. The first-order valence-corrected chi connectivity index (χ1v) is 6.29. The summed E-state index contributed by atoms with van der Waals surface area (Å²) in [5, 5.41) is 8.13. The molecule has 0 aliphatic carbocycles. The van der Waals surface area contributed by atoms with E-state index in [0.717, 1.165) is 0 Å². The SMILES string of the molecule is Cn1cc(N2CC(S(N)(=O)=O)CC2=O)cn1. The molecule has 2 rings (SSSR count). The topological polar surface area (TPSA) is 98.3 Å². The van der Waals surface area contributed by atoms with E-state index >= 15 is 0 Å². The van der Waals surface area contributed by atoms with Gasteiger partial charge in [0.1, 0.15) is 5.25 Å². The number of sulfonamides is 1. The molecule has 1 atom stereocenters. The van der Waals surface area contributed by atoms with Crippen molar-refractivity contribution in [1.29, 1.82) is 0 Å². The number of nitrogens with two attached hydrogens (primary N) is 1. The van der Waals surface area contributed by atoms with Gasteiger partial charge in [0.25, 0.3) is 0 Å². The fourth-order valence-corrected chi connectivity index (χ4v) is 2.42. The summed E-state index contributed by atoms with van der Waals surface area (Å²) in [5.74, 6) is -0.243. The quantitative estimate of drug-likeness (QED) is 0.707. The minimum Gasteiger partial charge on any atom is -0.308 e. The number of hydrogen-bond donors (Lipinski definition) is 1. The van der Waals surface area contributed by atoms with E-state index in [-0.39, 0.29) is 18.9 Å². The Morgan fingerprint density at radius 2 is 2.25 bits per heavy atom. The maximum atomic E-state index is 11.6. The standard InChI is InChI=1S/C8H12N4O3S/c1-11-4-6(3-10-11)12-5-7(2-8(12)13)16(9,14)15/h3-4,7H,2,5H2,1H3,(H2,9,14,15). The highest BCUT2D eigenvalue weighted by Gasteiger charge is 2.37. The summed E-state index contributed by atoms with van der Waals surface area (Å²) in [6.45, 7) is 0.101. The highest BCUT2D eigenvalue weighted by molar-refractivity contribution is 7.89. The first kappa shape index (κ1) is 11.1. The number of carbonyl (C=O) groups is 1. The van der Waals surface area contributed by atoms with Crippen molar-refractivity contribution in [3.05, 3.63) is 12.4 Å². The maximum absolute atomic E-state index is 11.6. The van der Waals surface area contributed by atoms with Gasteiger partial charge in [-0.1, -0.05) is 0 Å². The third kappa shape index (κ3) is 1.93. The van der Waals surface area contributed by atoms with E-state index in [1.165, 1.54) is 11.1 Å². The molecule has 8 heteroatoms. The van der Waals surface area contributed by atoms with Crippen molar-refractivity contribution in [3.63, 3.8) is 0 Å². The van der Waals surface area contributed by atoms with Gasteiger partial charge in [0.2, 0.25) is 15.9 Å². The van der Waals surface area contributed by atoms with Crippen LogP contribution in [0.2, 0.25) is 0 Å². The van der Waals surface area contributed by atoms with Crippen molar-refractivity contribution in [2.45, 2.75) is 11.7 Å². The van der Waals surface area contributed by atoms with Gasteiger partial charge in [-0.25, -0.2) is 13.6 Å². The van der Waals surface area contributed by atoms with Crippen molar-refractivity contribution in [3.8, 4) is 0 Å². The van der Waals surface area contributed by atoms with Crippen LogP contribution < -0.4 is 10.0 Å². The molecule has 16 heavy (non-hydrogen) atoms. The van der Waals surface area contributed by atoms with Crippen LogP contribution in [0, 0.1) is 0 Å². The molecule has 2 heterocycles. The first-order valence-electron chi connectivity index (χ1n) is 4.68. The van der Waals surface area contributed by atoms with E-state index in [1.807, 2.05) is 0 Å². The Hall–Kier alpha value is -1.41. The summed E-state index contributed by atoms with van der Waals surface area (Å²) in [4.78, 5) is 13.0. The second-order valence-corrected chi connectivity index (χ2v) is 5.64. The van der Waals surface area contributed by atoms with E-state index < -0.39 is 15.3 Å². The molecule has 1 aromatic heterocycles. The fourth-order valence-electron chi connectivity index (χ4n) is 1.69. The van der Waals surface area contributed by atoms with Crippen LogP contribution in [0.3, 0.4) is 0 Å². The highest BCUT2D eigenvalue weighted by atomic mass is 32.2. The predicted octanol–water partition coefficient (Wildman–Crippen LogP) is -1.19. The van der Waals surface area contributed by atoms with Gasteiger partial charge in [-0.05, 0) is 0 Å². The van der Waals surface area contributed by atoms with Gasteiger partial charge in [0, 0.05) is 26.2 Å². The van der Waals surface area contributed by atoms with Gasteiger partial charge in [0.05, 0.1) is 11.9 Å². The molecule has 1 aliphatic heterocycles. The summed E-state index contributed by atoms with van der Waals surface area (Å²) in [6, 6.07) is 0. The number of amides is 1. The van der Waals surface area contributed by atoms with Crippen molar-refractivity contribution >= 4 is 21.6 Å². The molecule has 1 amide bonds. The third-order valence-electron chi connectivity index (χ3n) is 2.56. The minimum absolute atomic E-state index is 0.0618. The molecule has 0 saturated carbocycles. The van der Waals surface area contributed by atoms with Gasteiger partial charge in [-0.2, -0.15) is 5.10 Å². The smallest absolute Gasteiger partial charge is 0.228 e. The number of anilines is 1. The van der Waals surface area contributed by atoms with Crippen LogP contribution in [0.1, 0.15) is 6.42 Å². The van der Waals surface area contributed by atoms with Crippen LogP contribution in [-0.2, 0) is 21.9 Å². The molecule has 1 aromatic rings. The molecule has 1 saturated heterocycles. The number of rotatable bonds is 2. The Morgan fingerprint density at radius 3 is 2.69 bits per heavy atom. The number of carbonyl (C=O) groups excluding carboxylic acids is 1. The highest BCUT2D eigenvalue weighted by Crippen LogP contribution is 2.23. The van der Waals surface area contributed by atoms with Gasteiger partial charge >= 0.3 is 0 Å². The number of aromatic nitrogens is 2. The lowest BCUT2D eigenvalue weighted by molar-refractivity contribution is -0.117. The summed E-state index contributed by atoms with van der Waals surface area (Å²) < 4.78 is 23.8. The maximum Gasteiger partial charge on any atom is 0.228 e. The molecule has 1 aliphatic rings. The molecule has 2 N–H and O–H groups in total. The zero-order valence-corrected chi connectivity index (χ0v) is 9.51. The molecule has 1 fully saturated rings. The van der Waals surface area contributed by atoms with Crippen LogP contribution in [0.5, 0.6) is 0 Å². The van der Waals surface area contributed by atoms with E-state index in [1.54, 1.807) is 17.9 Å². The van der Waals surface area contributed by atoms with Crippen molar-refractivity contribution in [2.75, 3.05) is 11.4 Å². The predicted molar refractivity (Wildman–Crippen MR) is 57.1 cm³/mol. The molecule has 0 bridgehead atoms. The number of hydrogen-bond acceptors (Lipinski definition) is 4. The lowest BCUT2D eigenvalue weighted by Crippen LogP contribution is -2.31. The Labute approximate surface area is 92.9 Å². The van der Waals surface area contributed by atoms with E-state index in [0.29, 0.717) is 5.69 Å². The largest absolute Gasteiger partial charge is 0.308 e. The Balaban J connectivity index is 2.24. The summed E-state index contributed by atoms with van der Waals surface area (Å²) in [6.07, 6.45) is 3.11. The normalized spacial score (nSPS) is 21.8. The van der Waals surface area contributed by atoms with Crippen LogP contribution in [-0.4, -0.2) is 35.9 Å². The zero-order valence-electron chi connectivity index (χ0n) is 8.70. The van der Waals surface area contributed by atoms with Crippen LogP contribution in [0.15, 0.2) is 12.4 Å².